The fourth-order valence-corrected chi connectivity index (χ4v) is 3.34. The highest BCUT2D eigenvalue weighted by Crippen LogP contribution is 2.24. The van der Waals surface area contributed by atoms with Gasteiger partial charge in [-0.3, -0.25) is 9.89 Å². The molecule has 0 radical (unpaired) electrons. The predicted octanol–water partition coefficient (Wildman–Crippen LogP) is 2.37. The molecule has 2 aromatic rings. The summed E-state index contributed by atoms with van der Waals surface area (Å²) in [5.74, 6) is 2.30. The summed E-state index contributed by atoms with van der Waals surface area (Å²) in [7, 11) is 1.80. The Morgan fingerprint density at radius 3 is 2.73 bits per heavy atom. The highest BCUT2D eigenvalue weighted by molar-refractivity contribution is 5.82. The second-order valence-electron chi connectivity index (χ2n) is 6.97. The molecule has 1 fully saturated rings. The smallest absolute Gasteiger partial charge is 0.191 e. The molecule has 26 heavy (non-hydrogen) atoms. The summed E-state index contributed by atoms with van der Waals surface area (Å²) in [5, 5.41) is 7.95. The van der Waals surface area contributed by atoms with Gasteiger partial charge in [0.15, 0.2) is 5.96 Å². The average molecular weight is 358 g/mol. The van der Waals surface area contributed by atoms with Crippen LogP contribution in [0.5, 0.6) is 0 Å². The third-order valence-corrected chi connectivity index (χ3v) is 4.87. The van der Waals surface area contributed by atoms with Crippen LogP contribution in [0.15, 0.2) is 33.7 Å². The molecule has 1 unspecified atom stereocenters. The lowest BCUT2D eigenvalue weighted by molar-refractivity contribution is 0.0320. The minimum absolute atomic E-state index is 0.541. The number of hydrogen-bond acceptors (Lipinski definition) is 4. The summed E-state index contributed by atoms with van der Waals surface area (Å²) in [6, 6.07) is 8.14. The summed E-state index contributed by atoms with van der Waals surface area (Å²) in [5.41, 5.74) is 2.12. The van der Waals surface area contributed by atoms with Crippen molar-refractivity contribution < 1.29 is 9.15 Å². The van der Waals surface area contributed by atoms with E-state index in [2.05, 4.69) is 40.4 Å². The quantitative estimate of drug-likeness (QED) is 0.613. The Morgan fingerprint density at radius 1 is 1.23 bits per heavy atom. The standard InChI is InChI=1S/C20H30N4O2/c1-15(14-24-8-10-25-11-9-24)12-22-20(21-3)23-13-19-16(2)17-6-4-5-7-18(17)26-19/h4-7,15H,8-14H2,1-3H3,(H2,21,22,23). The van der Waals surface area contributed by atoms with Crippen molar-refractivity contribution >= 4 is 16.9 Å². The monoisotopic (exact) mass is 358 g/mol. The molecule has 1 aliphatic heterocycles. The minimum atomic E-state index is 0.541. The second-order valence-corrected chi connectivity index (χ2v) is 6.97. The van der Waals surface area contributed by atoms with Gasteiger partial charge in [-0.15, -0.1) is 0 Å². The Labute approximate surface area is 155 Å². The third-order valence-electron chi connectivity index (χ3n) is 4.87. The van der Waals surface area contributed by atoms with E-state index >= 15 is 0 Å². The number of guanidine groups is 1. The fraction of sp³-hybridized carbons (Fsp3) is 0.550. The van der Waals surface area contributed by atoms with Crippen LogP contribution >= 0.6 is 0 Å². The molecule has 1 aliphatic rings. The Bertz CT molecular complexity index is 734. The van der Waals surface area contributed by atoms with E-state index in [0.29, 0.717) is 12.5 Å². The molecule has 6 nitrogen and oxygen atoms in total. The molecule has 1 aromatic carbocycles. The number of morpholine rings is 1. The Balaban J connectivity index is 1.47. The van der Waals surface area contributed by atoms with Gasteiger partial charge in [-0.1, -0.05) is 25.1 Å². The molecule has 2 heterocycles. The summed E-state index contributed by atoms with van der Waals surface area (Å²) < 4.78 is 11.4. The van der Waals surface area contributed by atoms with Gasteiger partial charge in [0.1, 0.15) is 11.3 Å². The number of benzene rings is 1. The van der Waals surface area contributed by atoms with E-state index < -0.39 is 0 Å². The number of rotatable bonds is 6. The lowest BCUT2D eigenvalue weighted by atomic mass is 10.1. The zero-order valence-corrected chi connectivity index (χ0v) is 16.0. The largest absolute Gasteiger partial charge is 0.459 e. The third kappa shape index (κ3) is 4.77. The van der Waals surface area contributed by atoms with Crippen LogP contribution in [-0.4, -0.2) is 57.3 Å². The van der Waals surface area contributed by atoms with Gasteiger partial charge in [-0.25, -0.2) is 0 Å². The number of fused-ring (bicyclic) bond motifs is 1. The van der Waals surface area contributed by atoms with Crippen molar-refractivity contribution in [1.29, 1.82) is 0 Å². The van der Waals surface area contributed by atoms with Crippen molar-refractivity contribution in [2.24, 2.45) is 10.9 Å². The van der Waals surface area contributed by atoms with Crippen molar-refractivity contribution in [3.8, 4) is 0 Å². The van der Waals surface area contributed by atoms with E-state index in [4.69, 9.17) is 9.15 Å². The van der Waals surface area contributed by atoms with Crippen LogP contribution in [0.3, 0.4) is 0 Å². The first-order valence-electron chi connectivity index (χ1n) is 9.39. The summed E-state index contributed by atoms with van der Waals surface area (Å²) in [6.07, 6.45) is 0. The van der Waals surface area contributed by atoms with E-state index in [1.54, 1.807) is 7.05 Å². The average Bonchev–Trinajstić information content (AvgIpc) is 2.99. The van der Waals surface area contributed by atoms with Crippen molar-refractivity contribution in [1.82, 2.24) is 15.5 Å². The van der Waals surface area contributed by atoms with E-state index in [1.807, 2.05) is 18.2 Å². The van der Waals surface area contributed by atoms with E-state index in [-0.39, 0.29) is 0 Å². The molecule has 142 valence electrons. The normalized spacial score (nSPS) is 17.4. The highest BCUT2D eigenvalue weighted by Gasteiger charge is 2.14. The maximum atomic E-state index is 5.96. The van der Waals surface area contributed by atoms with Crippen molar-refractivity contribution in [3.05, 3.63) is 35.6 Å². The number of nitrogens with one attached hydrogen (secondary N) is 2. The fourth-order valence-electron chi connectivity index (χ4n) is 3.34. The van der Waals surface area contributed by atoms with Crippen LogP contribution in [0, 0.1) is 12.8 Å². The zero-order valence-electron chi connectivity index (χ0n) is 16.0. The van der Waals surface area contributed by atoms with Gasteiger partial charge in [0.05, 0.1) is 19.8 Å². The first-order chi connectivity index (χ1) is 12.7. The molecule has 6 heteroatoms. The molecule has 0 spiro atoms. The van der Waals surface area contributed by atoms with Gasteiger partial charge in [-0.05, 0) is 18.9 Å². The number of nitrogens with zero attached hydrogens (tertiary/aromatic N) is 2. The van der Waals surface area contributed by atoms with Crippen LogP contribution < -0.4 is 10.6 Å². The SMILES string of the molecule is CN=C(NCc1oc2ccccc2c1C)NCC(C)CN1CCOCC1. The topological polar surface area (TPSA) is 62.0 Å². The molecular weight excluding hydrogens is 328 g/mol. The molecule has 3 rings (SSSR count). The molecule has 0 bridgehead atoms. The summed E-state index contributed by atoms with van der Waals surface area (Å²) in [4.78, 5) is 6.79. The number of aryl methyl sites for hydroxylation is 1. The molecule has 0 amide bonds. The minimum Gasteiger partial charge on any atom is -0.459 e. The number of para-hydroxylation sites is 1. The van der Waals surface area contributed by atoms with Crippen LogP contribution in [0.25, 0.3) is 11.0 Å². The van der Waals surface area contributed by atoms with Gasteiger partial charge in [-0.2, -0.15) is 0 Å². The molecule has 2 N–H and O–H groups in total. The molecule has 1 aromatic heterocycles. The van der Waals surface area contributed by atoms with Gasteiger partial charge < -0.3 is 19.8 Å². The molecule has 1 atom stereocenters. The van der Waals surface area contributed by atoms with Crippen LogP contribution in [0.1, 0.15) is 18.2 Å². The maximum Gasteiger partial charge on any atom is 0.191 e. The number of aliphatic imine (C=N–C) groups is 1. The van der Waals surface area contributed by atoms with Crippen LogP contribution in [0.2, 0.25) is 0 Å². The van der Waals surface area contributed by atoms with Gasteiger partial charge >= 0.3 is 0 Å². The molecular formula is C20H30N4O2. The number of furan rings is 1. The van der Waals surface area contributed by atoms with Gasteiger partial charge in [0, 0.05) is 44.2 Å². The van der Waals surface area contributed by atoms with Crippen LogP contribution in [-0.2, 0) is 11.3 Å². The Hall–Kier alpha value is -2.05. The zero-order chi connectivity index (χ0) is 18.4. The molecule has 0 saturated carbocycles. The lowest BCUT2D eigenvalue weighted by Gasteiger charge is -2.29. The molecule has 0 aliphatic carbocycles. The summed E-state index contributed by atoms with van der Waals surface area (Å²) in [6.45, 7) is 10.7. The highest BCUT2D eigenvalue weighted by atomic mass is 16.5. The first kappa shape index (κ1) is 18.7. The summed E-state index contributed by atoms with van der Waals surface area (Å²) >= 11 is 0. The van der Waals surface area contributed by atoms with Gasteiger partial charge in [0.25, 0.3) is 0 Å². The first-order valence-corrected chi connectivity index (χ1v) is 9.39. The van der Waals surface area contributed by atoms with Crippen molar-refractivity contribution in [2.45, 2.75) is 20.4 Å². The van der Waals surface area contributed by atoms with E-state index in [1.165, 1.54) is 10.9 Å². The van der Waals surface area contributed by atoms with E-state index in [0.717, 1.165) is 56.7 Å². The molecule has 1 saturated heterocycles. The number of hydrogen-bond donors (Lipinski definition) is 2. The number of ether oxygens (including phenoxy) is 1. The van der Waals surface area contributed by atoms with Gasteiger partial charge in [0.2, 0.25) is 0 Å². The van der Waals surface area contributed by atoms with E-state index in [9.17, 15) is 0 Å². The Kier molecular flexibility index (Phi) is 6.52. The van der Waals surface area contributed by atoms with Crippen molar-refractivity contribution in [3.63, 3.8) is 0 Å². The van der Waals surface area contributed by atoms with Crippen LogP contribution in [0.4, 0.5) is 0 Å². The predicted molar refractivity (Wildman–Crippen MR) is 106 cm³/mol. The lowest BCUT2D eigenvalue weighted by Crippen LogP contribution is -2.43. The maximum absolute atomic E-state index is 5.96. The second kappa shape index (κ2) is 9.05. The van der Waals surface area contributed by atoms with Crippen molar-refractivity contribution in [2.75, 3.05) is 46.4 Å². The Morgan fingerprint density at radius 2 is 2.00 bits per heavy atom.